The highest BCUT2D eigenvalue weighted by Crippen LogP contribution is 2.36. The predicted octanol–water partition coefficient (Wildman–Crippen LogP) is 3.50. The Hall–Kier alpha value is -1.60. The van der Waals surface area contributed by atoms with E-state index in [1.54, 1.807) is 0 Å². The lowest BCUT2D eigenvalue weighted by atomic mass is 9.96. The summed E-state index contributed by atoms with van der Waals surface area (Å²) in [4.78, 5) is 4.64. The molecule has 0 saturated carbocycles. The summed E-state index contributed by atoms with van der Waals surface area (Å²) < 4.78 is 0. The van der Waals surface area contributed by atoms with Crippen LogP contribution in [0.5, 0.6) is 0 Å². The van der Waals surface area contributed by atoms with E-state index >= 15 is 0 Å². The molecule has 1 unspecified atom stereocenters. The fraction of sp³-hybridized carbons (Fsp3) is 0.381. The summed E-state index contributed by atoms with van der Waals surface area (Å²) in [6.07, 6.45) is 1.67. The second-order valence-electron chi connectivity index (χ2n) is 6.72. The second kappa shape index (κ2) is 9.37. The maximum Gasteiger partial charge on any atom is 0.191 e. The maximum absolute atomic E-state index is 11.0. The van der Waals surface area contributed by atoms with Gasteiger partial charge in [-0.3, -0.25) is 0 Å². The number of aliphatic hydroxyl groups is 1. The van der Waals surface area contributed by atoms with Crippen molar-refractivity contribution in [1.82, 2.24) is 10.6 Å². The number of fused-ring (bicyclic) bond motifs is 1. The fourth-order valence-electron chi connectivity index (χ4n) is 3.29. The Morgan fingerprint density at radius 3 is 2.58 bits per heavy atom. The molecule has 0 amide bonds. The van der Waals surface area contributed by atoms with Gasteiger partial charge in [0.25, 0.3) is 0 Å². The van der Waals surface area contributed by atoms with Crippen molar-refractivity contribution in [3.8, 4) is 0 Å². The molecule has 0 bridgehead atoms. The van der Waals surface area contributed by atoms with Crippen LogP contribution in [-0.2, 0) is 18.6 Å². The first-order valence-corrected chi connectivity index (χ1v) is 8.99. The number of guanidine groups is 1. The molecular formula is C21H28IN3O. The smallest absolute Gasteiger partial charge is 0.191 e. The summed E-state index contributed by atoms with van der Waals surface area (Å²) in [5, 5.41) is 17.6. The number of nitrogens with zero attached hydrogens (tertiary/aromatic N) is 1. The zero-order chi connectivity index (χ0) is 17.7. The van der Waals surface area contributed by atoms with E-state index in [-0.39, 0.29) is 24.0 Å². The summed E-state index contributed by atoms with van der Waals surface area (Å²) in [6, 6.07) is 16.6. The Morgan fingerprint density at radius 1 is 1.12 bits per heavy atom. The standard InChI is InChI=1S/C21H27N3O.HI/c1-3-22-20(23-14-17-10-8-16(2)9-11-17)24-15-21(25)13-12-18-6-4-5-7-19(18)21;/h4-11,25H,3,12-15H2,1-2H3,(H2,22,23,24);1H. The highest BCUT2D eigenvalue weighted by Gasteiger charge is 2.36. The van der Waals surface area contributed by atoms with Crippen LogP contribution in [0.4, 0.5) is 0 Å². The largest absolute Gasteiger partial charge is 0.383 e. The minimum absolute atomic E-state index is 0. The fourth-order valence-corrected chi connectivity index (χ4v) is 3.29. The van der Waals surface area contributed by atoms with Gasteiger partial charge in [0, 0.05) is 6.54 Å². The molecular weight excluding hydrogens is 437 g/mol. The van der Waals surface area contributed by atoms with Gasteiger partial charge in [0.05, 0.1) is 13.1 Å². The molecule has 2 aromatic rings. The molecule has 0 radical (unpaired) electrons. The molecule has 26 heavy (non-hydrogen) atoms. The first kappa shape index (κ1) is 20.7. The monoisotopic (exact) mass is 465 g/mol. The van der Waals surface area contributed by atoms with Gasteiger partial charge in [-0.15, -0.1) is 24.0 Å². The van der Waals surface area contributed by atoms with E-state index in [9.17, 15) is 5.11 Å². The molecule has 1 aliphatic carbocycles. The third kappa shape index (κ3) is 4.98. The topological polar surface area (TPSA) is 56.7 Å². The van der Waals surface area contributed by atoms with E-state index in [0.717, 1.165) is 30.9 Å². The maximum atomic E-state index is 11.0. The molecule has 0 aromatic heterocycles. The van der Waals surface area contributed by atoms with Crippen molar-refractivity contribution in [3.05, 3.63) is 70.8 Å². The SMILES string of the molecule is CCNC(=NCc1ccc(C)cc1)NCC1(O)CCc2ccccc21.I. The Balaban J connectivity index is 0.00000243. The molecule has 3 rings (SSSR count). The molecule has 0 heterocycles. The molecule has 3 N–H and O–H groups in total. The lowest BCUT2D eigenvalue weighted by Crippen LogP contribution is -2.45. The Morgan fingerprint density at radius 2 is 1.85 bits per heavy atom. The van der Waals surface area contributed by atoms with Crippen LogP contribution in [-0.4, -0.2) is 24.2 Å². The van der Waals surface area contributed by atoms with Crippen LogP contribution < -0.4 is 10.6 Å². The summed E-state index contributed by atoms with van der Waals surface area (Å²) in [6.45, 7) is 5.99. The zero-order valence-electron chi connectivity index (χ0n) is 15.5. The molecule has 2 aromatic carbocycles. The molecule has 0 spiro atoms. The number of hydrogen-bond acceptors (Lipinski definition) is 2. The number of aryl methyl sites for hydroxylation is 2. The van der Waals surface area contributed by atoms with Gasteiger partial charge in [-0.05, 0) is 43.4 Å². The average Bonchev–Trinajstić information content (AvgIpc) is 2.97. The van der Waals surface area contributed by atoms with E-state index in [4.69, 9.17) is 0 Å². The van der Waals surface area contributed by atoms with E-state index in [1.165, 1.54) is 16.7 Å². The Bertz CT molecular complexity index is 745. The minimum Gasteiger partial charge on any atom is -0.383 e. The Kier molecular flexibility index (Phi) is 7.46. The van der Waals surface area contributed by atoms with Gasteiger partial charge < -0.3 is 15.7 Å². The third-order valence-corrected chi connectivity index (χ3v) is 4.76. The first-order valence-electron chi connectivity index (χ1n) is 8.99. The summed E-state index contributed by atoms with van der Waals surface area (Å²) in [5.74, 6) is 0.737. The molecule has 1 atom stereocenters. The van der Waals surface area contributed by atoms with Gasteiger partial charge in [0.15, 0.2) is 5.96 Å². The van der Waals surface area contributed by atoms with Crippen LogP contribution in [0.3, 0.4) is 0 Å². The number of hydrogen-bond donors (Lipinski definition) is 3. The highest BCUT2D eigenvalue weighted by atomic mass is 127. The van der Waals surface area contributed by atoms with Gasteiger partial charge in [-0.2, -0.15) is 0 Å². The molecule has 1 aliphatic rings. The normalized spacial score (nSPS) is 18.8. The van der Waals surface area contributed by atoms with E-state index < -0.39 is 5.60 Å². The molecule has 140 valence electrons. The molecule has 4 nitrogen and oxygen atoms in total. The third-order valence-electron chi connectivity index (χ3n) is 4.76. The van der Waals surface area contributed by atoms with Crippen molar-refractivity contribution >= 4 is 29.9 Å². The summed E-state index contributed by atoms with van der Waals surface area (Å²) in [7, 11) is 0. The van der Waals surface area contributed by atoms with Crippen molar-refractivity contribution < 1.29 is 5.11 Å². The van der Waals surface area contributed by atoms with Crippen LogP contribution in [0.2, 0.25) is 0 Å². The number of halogens is 1. The quantitative estimate of drug-likeness (QED) is 0.360. The lowest BCUT2D eigenvalue weighted by molar-refractivity contribution is 0.0432. The van der Waals surface area contributed by atoms with Gasteiger partial charge >= 0.3 is 0 Å². The van der Waals surface area contributed by atoms with Crippen LogP contribution >= 0.6 is 24.0 Å². The molecule has 0 fully saturated rings. The van der Waals surface area contributed by atoms with Crippen LogP contribution in [0.15, 0.2) is 53.5 Å². The Labute approximate surface area is 173 Å². The average molecular weight is 465 g/mol. The zero-order valence-corrected chi connectivity index (χ0v) is 17.8. The van der Waals surface area contributed by atoms with Crippen LogP contribution in [0.25, 0.3) is 0 Å². The van der Waals surface area contributed by atoms with Crippen LogP contribution in [0, 0.1) is 6.92 Å². The molecule has 0 saturated heterocycles. The number of benzene rings is 2. The van der Waals surface area contributed by atoms with E-state index in [1.807, 2.05) is 25.1 Å². The van der Waals surface area contributed by atoms with Crippen molar-refractivity contribution in [2.45, 2.75) is 38.8 Å². The first-order chi connectivity index (χ1) is 12.1. The second-order valence-corrected chi connectivity index (χ2v) is 6.72. The molecule has 0 aliphatic heterocycles. The van der Waals surface area contributed by atoms with Crippen molar-refractivity contribution in [2.24, 2.45) is 4.99 Å². The highest BCUT2D eigenvalue weighted by molar-refractivity contribution is 14.0. The van der Waals surface area contributed by atoms with Gasteiger partial charge in [0.1, 0.15) is 5.60 Å². The summed E-state index contributed by atoms with van der Waals surface area (Å²) >= 11 is 0. The van der Waals surface area contributed by atoms with Crippen LogP contribution in [0.1, 0.15) is 35.6 Å². The number of aliphatic imine (C=N–C) groups is 1. The van der Waals surface area contributed by atoms with Crippen molar-refractivity contribution in [2.75, 3.05) is 13.1 Å². The number of rotatable bonds is 5. The van der Waals surface area contributed by atoms with Crippen molar-refractivity contribution in [1.29, 1.82) is 0 Å². The van der Waals surface area contributed by atoms with Gasteiger partial charge in [-0.25, -0.2) is 4.99 Å². The number of nitrogens with one attached hydrogen (secondary N) is 2. The summed E-state index contributed by atoms with van der Waals surface area (Å²) in [5.41, 5.74) is 3.88. The van der Waals surface area contributed by atoms with E-state index in [0.29, 0.717) is 13.1 Å². The molecule has 5 heteroatoms. The van der Waals surface area contributed by atoms with Crippen molar-refractivity contribution in [3.63, 3.8) is 0 Å². The lowest BCUT2D eigenvalue weighted by Gasteiger charge is -2.25. The predicted molar refractivity (Wildman–Crippen MR) is 118 cm³/mol. The van der Waals surface area contributed by atoms with Gasteiger partial charge in [-0.1, -0.05) is 54.1 Å². The van der Waals surface area contributed by atoms with E-state index in [2.05, 4.69) is 52.9 Å². The van der Waals surface area contributed by atoms with Gasteiger partial charge in [0.2, 0.25) is 0 Å². The minimum atomic E-state index is -0.823.